The largest absolute Gasteiger partial charge is 0.240 e. The second-order valence-corrected chi connectivity index (χ2v) is 7.70. The first-order chi connectivity index (χ1) is 10.1. The van der Waals surface area contributed by atoms with Gasteiger partial charge in [0.05, 0.1) is 4.90 Å². The van der Waals surface area contributed by atoms with Crippen molar-refractivity contribution >= 4 is 32.4 Å². The molecule has 112 valence electrons. The Kier molecular flexibility index (Phi) is 4.20. The summed E-state index contributed by atoms with van der Waals surface area (Å²) in [5.74, 6) is 0. The molecule has 21 heavy (non-hydrogen) atoms. The zero-order valence-corrected chi connectivity index (χ0v) is 13.3. The fourth-order valence-electron chi connectivity index (χ4n) is 2.90. The standard InChI is InChI=1S/C16H18ClNO2S/c17-16-8-4-5-12-11-14(9-10-15(12)16)21(19,20)18-13-6-2-1-3-7-13/h4-5,8-11,13,18H,1-3,6-7H2. The first-order valence-corrected chi connectivity index (χ1v) is 9.13. The van der Waals surface area contributed by atoms with Gasteiger partial charge in [0.2, 0.25) is 10.0 Å². The van der Waals surface area contributed by atoms with Gasteiger partial charge in [-0.1, -0.05) is 49.1 Å². The number of halogens is 1. The van der Waals surface area contributed by atoms with Gasteiger partial charge in [0.25, 0.3) is 0 Å². The lowest BCUT2D eigenvalue weighted by Gasteiger charge is -2.22. The van der Waals surface area contributed by atoms with E-state index in [0.717, 1.165) is 36.5 Å². The summed E-state index contributed by atoms with van der Waals surface area (Å²) in [5, 5.41) is 2.35. The third-order valence-electron chi connectivity index (χ3n) is 4.04. The molecule has 0 aliphatic heterocycles. The van der Waals surface area contributed by atoms with Crippen LogP contribution >= 0.6 is 11.6 Å². The van der Waals surface area contributed by atoms with E-state index in [1.165, 1.54) is 6.42 Å². The molecule has 0 aromatic heterocycles. The molecule has 0 amide bonds. The van der Waals surface area contributed by atoms with Crippen molar-refractivity contribution < 1.29 is 8.42 Å². The van der Waals surface area contributed by atoms with Crippen LogP contribution in [0.3, 0.4) is 0 Å². The number of benzene rings is 2. The van der Waals surface area contributed by atoms with E-state index < -0.39 is 10.0 Å². The van der Waals surface area contributed by atoms with E-state index in [1.807, 2.05) is 12.1 Å². The maximum Gasteiger partial charge on any atom is 0.240 e. The molecule has 0 saturated heterocycles. The van der Waals surface area contributed by atoms with E-state index in [4.69, 9.17) is 11.6 Å². The quantitative estimate of drug-likeness (QED) is 0.924. The van der Waals surface area contributed by atoms with Gasteiger partial charge < -0.3 is 0 Å². The Bertz CT molecular complexity index is 752. The zero-order chi connectivity index (χ0) is 14.9. The van der Waals surface area contributed by atoms with Crippen LogP contribution in [0.2, 0.25) is 5.02 Å². The second-order valence-electron chi connectivity index (χ2n) is 5.58. The molecular weight excluding hydrogens is 306 g/mol. The SMILES string of the molecule is O=S(=O)(NC1CCCCC1)c1ccc2c(Cl)cccc2c1. The van der Waals surface area contributed by atoms with Crippen LogP contribution in [-0.2, 0) is 10.0 Å². The summed E-state index contributed by atoms with van der Waals surface area (Å²) in [4.78, 5) is 0.308. The van der Waals surface area contributed by atoms with Crippen molar-refractivity contribution in [2.24, 2.45) is 0 Å². The Morgan fingerprint density at radius 3 is 2.57 bits per heavy atom. The van der Waals surface area contributed by atoms with Crippen LogP contribution in [0.1, 0.15) is 32.1 Å². The minimum Gasteiger partial charge on any atom is -0.208 e. The molecule has 2 aromatic rings. The van der Waals surface area contributed by atoms with Crippen LogP contribution in [0, 0.1) is 0 Å². The number of sulfonamides is 1. The highest BCUT2D eigenvalue weighted by Gasteiger charge is 2.22. The first kappa shape index (κ1) is 14.8. The zero-order valence-electron chi connectivity index (χ0n) is 11.7. The lowest BCUT2D eigenvalue weighted by molar-refractivity contribution is 0.412. The Labute approximate surface area is 130 Å². The third kappa shape index (κ3) is 3.23. The summed E-state index contributed by atoms with van der Waals surface area (Å²) < 4.78 is 27.8. The van der Waals surface area contributed by atoms with E-state index >= 15 is 0 Å². The maximum atomic E-state index is 12.5. The molecular formula is C16H18ClNO2S. The fourth-order valence-corrected chi connectivity index (χ4v) is 4.48. The molecule has 1 N–H and O–H groups in total. The number of nitrogens with one attached hydrogen (secondary N) is 1. The van der Waals surface area contributed by atoms with Gasteiger partial charge >= 0.3 is 0 Å². The van der Waals surface area contributed by atoms with Gasteiger partial charge in [0.1, 0.15) is 0 Å². The van der Waals surface area contributed by atoms with Gasteiger partial charge in [-0.3, -0.25) is 0 Å². The highest BCUT2D eigenvalue weighted by molar-refractivity contribution is 7.89. The monoisotopic (exact) mass is 323 g/mol. The molecule has 1 aliphatic rings. The fraction of sp³-hybridized carbons (Fsp3) is 0.375. The average molecular weight is 324 g/mol. The minimum absolute atomic E-state index is 0.0683. The van der Waals surface area contributed by atoms with Crippen molar-refractivity contribution in [1.29, 1.82) is 0 Å². The van der Waals surface area contributed by atoms with E-state index in [2.05, 4.69) is 4.72 Å². The predicted octanol–water partition coefficient (Wildman–Crippen LogP) is 4.10. The van der Waals surface area contributed by atoms with E-state index in [9.17, 15) is 8.42 Å². The van der Waals surface area contributed by atoms with Gasteiger partial charge in [-0.15, -0.1) is 0 Å². The third-order valence-corrected chi connectivity index (χ3v) is 5.88. The van der Waals surface area contributed by atoms with Gasteiger partial charge in [0.15, 0.2) is 0 Å². The van der Waals surface area contributed by atoms with E-state index in [1.54, 1.807) is 24.3 Å². The second kappa shape index (κ2) is 5.95. The summed E-state index contributed by atoms with van der Waals surface area (Å²) in [6, 6.07) is 10.7. The lowest BCUT2D eigenvalue weighted by atomic mass is 9.96. The first-order valence-electron chi connectivity index (χ1n) is 7.27. The molecule has 5 heteroatoms. The van der Waals surface area contributed by atoms with Crippen LogP contribution in [0.15, 0.2) is 41.3 Å². The van der Waals surface area contributed by atoms with E-state index in [-0.39, 0.29) is 6.04 Å². The molecule has 1 fully saturated rings. The molecule has 0 spiro atoms. The number of rotatable bonds is 3. The Morgan fingerprint density at radius 2 is 1.81 bits per heavy atom. The lowest BCUT2D eigenvalue weighted by Crippen LogP contribution is -2.36. The van der Waals surface area contributed by atoms with Crippen molar-refractivity contribution in [2.75, 3.05) is 0 Å². The van der Waals surface area contributed by atoms with Crippen LogP contribution in [-0.4, -0.2) is 14.5 Å². The van der Waals surface area contributed by atoms with Gasteiger partial charge in [0, 0.05) is 16.5 Å². The van der Waals surface area contributed by atoms with Crippen LogP contribution < -0.4 is 4.72 Å². The van der Waals surface area contributed by atoms with Crippen molar-refractivity contribution in [3.8, 4) is 0 Å². The summed E-state index contributed by atoms with van der Waals surface area (Å²) in [7, 11) is -3.46. The number of fused-ring (bicyclic) bond motifs is 1. The highest BCUT2D eigenvalue weighted by Crippen LogP contribution is 2.26. The van der Waals surface area contributed by atoms with Crippen molar-refractivity contribution in [1.82, 2.24) is 4.72 Å². The van der Waals surface area contributed by atoms with E-state index in [0.29, 0.717) is 9.92 Å². The van der Waals surface area contributed by atoms with Gasteiger partial charge in [-0.2, -0.15) is 0 Å². The highest BCUT2D eigenvalue weighted by atomic mass is 35.5. The summed E-state index contributed by atoms with van der Waals surface area (Å²) in [6.07, 6.45) is 5.25. The van der Waals surface area contributed by atoms with Crippen LogP contribution in [0.25, 0.3) is 10.8 Å². The Hall–Kier alpha value is -1.10. The molecule has 0 unspecified atom stereocenters. The van der Waals surface area contributed by atoms with Crippen molar-refractivity contribution in [2.45, 2.75) is 43.0 Å². The van der Waals surface area contributed by atoms with Crippen molar-refractivity contribution in [3.63, 3.8) is 0 Å². The average Bonchev–Trinajstić information content (AvgIpc) is 2.48. The Balaban J connectivity index is 1.91. The molecule has 0 atom stereocenters. The van der Waals surface area contributed by atoms with Crippen LogP contribution in [0.5, 0.6) is 0 Å². The topological polar surface area (TPSA) is 46.2 Å². The molecule has 0 radical (unpaired) electrons. The molecule has 3 rings (SSSR count). The van der Waals surface area contributed by atoms with Crippen molar-refractivity contribution in [3.05, 3.63) is 41.4 Å². The normalized spacial score (nSPS) is 17.2. The Morgan fingerprint density at radius 1 is 1.05 bits per heavy atom. The summed E-state index contributed by atoms with van der Waals surface area (Å²) >= 11 is 6.11. The predicted molar refractivity (Wildman–Crippen MR) is 86.2 cm³/mol. The molecule has 1 aliphatic carbocycles. The summed E-state index contributed by atoms with van der Waals surface area (Å²) in [5.41, 5.74) is 0. The molecule has 2 aromatic carbocycles. The molecule has 0 heterocycles. The van der Waals surface area contributed by atoms with Gasteiger partial charge in [-0.25, -0.2) is 13.1 Å². The smallest absolute Gasteiger partial charge is 0.208 e. The number of hydrogen-bond acceptors (Lipinski definition) is 2. The molecule has 0 bridgehead atoms. The van der Waals surface area contributed by atoms with Gasteiger partial charge in [-0.05, 0) is 36.4 Å². The summed E-state index contributed by atoms with van der Waals surface area (Å²) in [6.45, 7) is 0. The minimum atomic E-state index is -3.46. The number of hydrogen-bond donors (Lipinski definition) is 1. The maximum absolute atomic E-state index is 12.5. The molecule has 1 saturated carbocycles. The van der Waals surface area contributed by atoms with Crippen LogP contribution in [0.4, 0.5) is 0 Å². The molecule has 3 nitrogen and oxygen atoms in total.